The van der Waals surface area contributed by atoms with Gasteiger partial charge >= 0.3 is 0 Å². The van der Waals surface area contributed by atoms with Gasteiger partial charge in [0.2, 0.25) is 11.8 Å². The molecule has 2 amide bonds. The number of fused-ring (bicyclic) bond motifs is 1. The van der Waals surface area contributed by atoms with Crippen molar-refractivity contribution in [3.63, 3.8) is 0 Å². The van der Waals surface area contributed by atoms with E-state index in [1.54, 1.807) is 11.1 Å². The molecular formula is C25H28N4O4. The van der Waals surface area contributed by atoms with E-state index in [-0.39, 0.29) is 18.2 Å². The first-order valence-corrected chi connectivity index (χ1v) is 11.2. The summed E-state index contributed by atoms with van der Waals surface area (Å²) in [4.78, 5) is 46.6. The van der Waals surface area contributed by atoms with Crippen LogP contribution in [0.1, 0.15) is 17.7 Å². The second kappa shape index (κ2) is 10.9. The molecule has 2 atom stereocenters. The number of ether oxygens (including phenoxy) is 1. The van der Waals surface area contributed by atoms with Crippen LogP contribution >= 0.6 is 0 Å². The Morgan fingerprint density at radius 1 is 1.12 bits per heavy atom. The molecule has 0 spiro atoms. The Labute approximate surface area is 192 Å². The van der Waals surface area contributed by atoms with E-state index in [0.717, 1.165) is 28.3 Å². The number of nitrogens with zero attached hydrogens (tertiary/aromatic N) is 2. The average Bonchev–Trinajstić information content (AvgIpc) is 3.37. The van der Waals surface area contributed by atoms with Gasteiger partial charge in [-0.2, -0.15) is 0 Å². The first-order valence-electron chi connectivity index (χ1n) is 11.2. The van der Waals surface area contributed by atoms with Crippen molar-refractivity contribution in [3.8, 4) is 0 Å². The minimum absolute atomic E-state index is 0.0741. The van der Waals surface area contributed by atoms with Crippen LogP contribution in [0.5, 0.6) is 0 Å². The van der Waals surface area contributed by atoms with E-state index in [4.69, 9.17) is 4.74 Å². The Morgan fingerprint density at radius 2 is 1.91 bits per heavy atom. The van der Waals surface area contributed by atoms with Crippen LogP contribution in [0.4, 0.5) is 0 Å². The minimum Gasteiger partial charge on any atom is -0.378 e. The quantitative estimate of drug-likeness (QED) is 0.487. The number of amides is 2. The molecule has 2 N–H and O–H groups in total. The summed E-state index contributed by atoms with van der Waals surface area (Å²) in [6.07, 6.45) is 4.66. The summed E-state index contributed by atoms with van der Waals surface area (Å²) in [5.41, 5.74) is 1.75. The number of morpholine rings is 1. The number of benzene rings is 2. The number of aldehydes is 1. The summed E-state index contributed by atoms with van der Waals surface area (Å²) in [6.45, 7) is 2.06. The maximum absolute atomic E-state index is 13.3. The maximum atomic E-state index is 13.3. The summed E-state index contributed by atoms with van der Waals surface area (Å²) in [6, 6.07) is 13.3. The highest BCUT2D eigenvalue weighted by atomic mass is 16.5. The highest BCUT2D eigenvalue weighted by Gasteiger charge is 2.28. The van der Waals surface area contributed by atoms with E-state index in [9.17, 15) is 14.4 Å². The lowest BCUT2D eigenvalue weighted by Crippen LogP contribution is -2.45. The van der Waals surface area contributed by atoms with Crippen molar-refractivity contribution in [1.82, 2.24) is 20.2 Å². The predicted octanol–water partition coefficient (Wildman–Crippen LogP) is 1.90. The van der Waals surface area contributed by atoms with Gasteiger partial charge in [-0.15, -0.1) is 0 Å². The van der Waals surface area contributed by atoms with Crippen molar-refractivity contribution < 1.29 is 19.1 Å². The van der Waals surface area contributed by atoms with Gasteiger partial charge < -0.3 is 24.7 Å². The number of H-pyrrole nitrogens is 1. The standard InChI is InChI=1S/C25H28N4O4/c30-16-22(14-21-15-26-17-27-21)28-25(32)20(13-24(31)29-8-10-33-11-9-29)12-19-6-3-5-18-4-1-2-7-23(18)19/h1-7,15-17,20,22H,8-14H2,(H,26,27)(H,28,32). The molecule has 8 heteroatoms. The smallest absolute Gasteiger partial charge is 0.224 e. The zero-order valence-electron chi connectivity index (χ0n) is 18.4. The predicted molar refractivity (Wildman–Crippen MR) is 123 cm³/mol. The summed E-state index contributed by atoms with van der Waals surface area (Å²) in [5.74, 6) is -0.980. The van der Waals surface area contributed by atoms with Gasteiger partial charge in [0.25, 0.3) is 0 Å². The molecule has 1 fully saturated rings. The maximum Gasteiger partial charge on any atom is 0.224 e. The first kappa shape index (κ1) is 22.7. The van der Waals surface area contributed by atoms with Crippen molar-refractivity contribution in [1.29, 1.82) is 0 Å². The van der Waals surface area contributed by atoms with Crippen LogP contribution in [0.15, 0.2) is 55.0 Å². The molecule has 2 aromatic carbocycles. The summed E-state index contributed by atoms with van der Waals surface area (Å²) >= 11 is 0. The number of carbonyl (C=O) groups is 3. The Hall–Kier alpha value is -3.52. The monoisotopic (exact) mass is 448 g/mol. The molecule has 1 aromatic heterocycles. The first-order chi connectivity index (χ1) is 16.1. The van der Waals surface area contributed by atoms with Gasteiger partial charge in [-0.25, -0.2) is 4.98 Å². The molecule has 0 aliphatic carbocycles. The molecule has 4 rings (SSSR count). The molecule has 3 aromatic rings. The molecule has 0 bridgehead atoms. The average molecular weight is 449 g/mol. The van der Waals surface area contributed by atoms with Crippen LogP contribution < -0.4 is 5.32 Å². The lowest BCUT2D eigenvalue weighted by Gasteiger charge is -2.28. The van der Waals surface area contributed by atoms with Crippen LogP contribution in [-0.2, 0) is 32.0 Å². The second-order valence-corrected chi connectivity index (χ2v) is 8.27. The fourth-order valence-corrected chi connectivity index (χ4v) is 4.21. The molecule has 33 heavy (non-hydrogen) atoms. The molecule has 2 heterocycles. The molecule has 0 saturated carbocycles. The topological polar surface area (TPSA) is 104 Å². The van der Waals surface area contributed by atoms with E-state index >= 15 is 0 Å². The van der Waals surface area contributed by atoms with E-state index < -0.39 is 12.0 Å². The molecule has 172 valence electrons. The summed E-state index contributed by atoms with van der Waals surface area (Å²) in [5, 5.41) is 4.97. The number of carbonyl (C=O) groups excluding carboxylic acids is 3. The third-order valence-corrected chi connectivity index (χ3v) is 5.99. The van der Waals surface area contributed by atoms with E-state index in [2.05, 4.69) is 15.3 Å². The van der Waals surface area contributed by atoms with Crippen LogP contribution in [-0.4, -0.2) is 65.3 Å². The number of aromatic amines is 1. The van der Waals surface area contributed by atoms with Crippen LogP contribution in [0, 0.1) is 5.92 Å². The highest BCUT2D eigenvalue weighted by molar-refractivity contribution is 5.89. The van der Waals surface area contributed by atoms with Gasteiger partial charge in [-0.05, 0) is 22.8 Å². The van der Waals surface area contributed by atoms with E-state index in [1.165, 1.54) is 6.33 Å². The lowest BCUT2D eigenvalue weighted by atomic mass is 9.91. The molecule has 1 saturated heterocycles. The van der Waals surface area contributed by atoms with E-state index in [1.807, 2.05) is 42.5 Å². The van der Waals surface area contributed by atoms with Crippen molar-refractivity contribution in [3.05, 3.63) is 66.2 Å². The molecule has 1 aliphatic heterocycles. The number of nitrogens with one attached hydrogen (secondary N) is 2. The van der Waals surface area contributed by atoms with Crippen LogP contribution in [0.3, 0.4) is 0 Å². The largest absolute Gasteiger partial charge is 0.378 e. The summed E-state index contributed by atoms with van der Waals surface area (Å²) in [7, 11) is 0. The van der Waals surface area contributed by atoms with Crippen molar-refractivity contribution in [2.45, 2.75) is 25.3 Å². The Balaban J connectivity index is 1.53. The van der Waals surface area contributed by atoms with Crippen LogP contribution in [0.25, 0.3) is 10.8 Å². The molecular weight excluding hydrogens is 420 g/mol. The SMILES string of the molecule is O=CC(Cc1cnc[nH]1)NC(=O)C(CC(=O)N1CCOCC1)Cc1cccc2ccccc12. The Kier molecular flexibility index (Phi) is 7.47. The number of aromatic nitrogens is 2. The second-order valence-electron chi connectivity index (χ2n) is 8.27. The Bertz CT molecular complexity index is 1090. The van der Waals surface area contributed by atoms with Gasteiger partial charge in [0.15, 0.2) is 0 Å². The fraction of sp³-hybridized carbons (Fsp3) is 0.360. The highest BCUT2D eigenvalue weighted by Crippen LogP contribution is 2.23. The number of imidazole rings is 1. The lowest BCUT2D eigenvalue weighted by molar-refractivity contribution is -0.139. The van der Waals surface area contributed by atoms with Gasteiger partial charge in [0.1, 0.15) is 6.29 Å². The Morgan fingerprint density at radius 3 is 2.67 bits per heavy atom. The van der Waals surface area contributed by atoms with Gasteiger partial charge in [-0.3, -0.25) is 9.59 Å². The third kappa shape index (κ3) is 5.84. The van der Waals surface area contributed by atoms with Gasteiger partial charge in [-0.1, -0.05) is 42.5 Å². The number of rotatable bonds is 9. The minimum atomic E-state index is -0.702. The zero-order valence-corrected chi connectivity index (χ0v) is 18.4. The van der Waals surface area contributed by atoms with Crippen molar-refractivity contribution >= 4 is 28.9 Å². The molecule has 8 nitrogen and oxygen atoms in total. The van der Waals surface area contributed by atoms with E-state index in [0.29, 0.717) is 39.1 Å². The molecule has 2 unspecified atom stereocenters. The molecule has 1 aliphatic rings. The third-order valence-electron chi connectivity index (χ3n) is 5.99. The summed E-state index contributed by atoms with van der Waals surface area (Å²) < 4.78 is 5.34. The van der Waals surface area contributed by atoms with Crippen LogP contribution in [0.2, 0.25) is 0 Å². The number of hydrogen-bond donors (Lipinski definition) is 2. The fourth-order valence-electron chi connectivity index (χ4n) is 4.21. The normalized spacial score (nSPS) is 15.7. The van der Waals surface area contributed by atoms with Gasteiger partial charge in [0, 0.05) is 37.8 Å². The number of hydrogen-bond acceptors (Lipinski definition) is 5. The van der Waals surface area contributed by atoms with Crippen molar-refractivity contribution in [2.75, 3.05) is 26.3 Å². The van der Waals surface area contributed by atoms with Gasteiger partial charge in [0.05, 0.1) is 31.5 Å². The van der Waals surface area contributed by atoms with Crippen molar-refractivity contribution in [2.24, 2.45) is 5.92 Å². The zero-order chi connectivity index (χ0) is 23.0. The molecule has 0 radical (unpaired) electrons.